The number of aromatic carboxylic acids is 1. The van der Waals surface area contributed by atoms with Crippen molar-refractivity contribution < 1.29 is 23.4 Å². The molecule has 0 radical (unpaired) electrons. The lowest BCUT2D eigenvalue weighted by Gasteiger charge is -2.09. The highest BCUT2D eigenvalue weighted by Gasteiger charge is 2.21. The fraction of sp³-hybridized carbons (Fsp3) is 0.150. The Morgan fingerprint density at radius 3 is 2.70 bits per heavy atom. The molecule has 2 aromatic heterocycles. The molecular weight excluding hydrogens is 393 g/mol. The number of nitrogens with zero attached hydrogens (tertiary/aromatic N) is 4. The molecule has 0 atom stereocenters. The molecule has 0 aliphatic carbocycles. The van der Waals surface area contributed by atoms with Crippen molar-refractivity contribution in [3.63, 3.8) is 0 Å². The number of carboxylic acids is 1. The summed E-state index contributed by atoms with van der Waals surface area (Å²) >= 11 is 0. The van der Waals surface area contributed by atoms with Gasteiger partial charge in [-0.25, -0.2) is 9.18 Å². The van der Waals surface area contributed by atoms with E-state index in [9.17, 15) is 9.18 Å². The van der Waals surface area contributed by atoms with Crippen LogP contribution in [0.5, 0.6) is 5.88 Å². The van der Waals surface area contributed by atoms with Gasteiger partial charge in [0.15, 0.2) is 5.76 Å². The molecule has 2 N–H and O–H groups in total. The van der Waals surface area contributed by atoms with E-state index in [0.29, 0.717) is 22.5 Å². The van der Waals surface area contributed by atoms with Crippen molar-refractivity contribution in [3.05, 3.63) is 65.5 Å². The zero-order valence-electron chi connectivity index (χ0n) is 15.8. The molecule has 2 aromatic carbocycles. The number of tetrazole rings is 1. The topological polar surface area (TPSA) is 127 Å². The zero-order valence-corrected chi connectivity index (χ0v) is 15.8. The number of hydrogen-bond donors (Lipinski definition) is 2. The van der Waals surface area contributed by atoms with E-state index in [0.717, 1.165) is 5.56 Å². The SMILES string of the molecule is CCOc1nc(C(=O)O)oc1Cc1ccc(-c2ccccc2-c2nn[nH]n2)cc1F. The van der Waals surface area contributed by atoms with E-state index in [-0.39, 0.29) is 24.7 Å². The van der Waals surface area contributed by atoms with Crippen LogP contribution >= 0.6 is 0 Å². The van der Waals surface area contributed by atoms with Gasteiger partial charge in [-0.15, -0.1) is 10.2 Å². The molecule has 10 heteroatoms. The molecule has 0 aliphatic heterocycles. The lowest BCUT2D eigenvalue weighted by atomic mass is 9.97. The van der Waals surface area contributed by atoms with Gasteiger partial charge in [-0.1, -0.05) is 36.4 Å². The number of H-pyrrole nitrogens is 1. The standard InChI is InChI=1S/C20H16FN5O4/c1-2-29-18-16(30-19(22-18)20(27)28)10-12-8-7-11(9-15(12)21)13-5-3-4-6-14(13)17-23-25-26-24-17/h3-9H,2,10H2,1H3,(H,27,28)(H,23,24,25,26). The Kier molecular flexibility index (Phi) is 5.21. The fourth-order valence-corrected chi connectivity index (χ4v) is 3.03. The number of ether oxygens (including phenoxy) is 1. The molecule has 2 heterocycles. The molecule has 0 spiro atoms. The third-order valence-corrected chi connectivity index (χ3v) is 4.35. The first kappa shape index (κ1) is 19.2. The van der Waals surface area contributed by atoms with E-state index in [2.05, 4.69) is 25.6 Å². The van der Waals surface area contributed by atoms with Gasteiger partial charge in [-0.3, -0.25) is 0 Å². The Morgan fingerprint density at radius 2 is 2.03 bits per heavy atom. The van der Waals surface area contributed by atoms with Crippen molar-refractivity contribution in [2.45, 2.75) is 13.3 Å². The van der Waals surface area contributed by atoms with Gasteiger partial charge in [0.05, 0.1) is 6.61 Å². The van der Waals surface area contributed by atoms with E-state index in [1.807, 2.05) is 24.3 Å². The van der Waals surface area contributed by atoms with Crippen molar-refractivity contribution in [3.8, 4) is 28.4 Å². The number of hydrogen-bond acceptors (Lipinski definition) is 7. The quantitative estimate of drug-likeness (QED) is 0.476. The highest BCUT2D eigenvalue weighted by molar-refractivity contribution is 5.82. The summed E-state index contributed by atoms with van der Waals surface area (Å²) in [6, 6.07) is 12.1. The van der Waals surface area contributed by atoms with Crippen LogP contribution in [0.1, 0.15) is 28.9 Å². The predicted molar refractivity (Wildman–Crippen MR) is 102 cm³/mol. The summed E-state index contributed by atoms with van der Waals surface area (Å²) in [6.07, 6.45) is -0.00574. The Hall–Kier alpha value is -4.08. The highest BCUT2D eigenvalue weighted by Crippen LogP contribution is 2.31. The third kappa shape index (κ3) is 3.75. The normalized spacial score (nSPS) is 10.9. The molecule has 9 nitrogen and oxygen atoms in total. The van der Waals surface area contributed by atoms with E-state index >= 15 is 0 Å². The van der Waals surface area contributed by atoms with Crippen molar-refractivity contribution in [1.29, 1.82) is 0 Å². The number of oxazole rings is 1. The van der Waals surface area contributed by atoms with Crippen LogP contribution in [0.4, 0.5) is 4.39 Å². The van der Waals surface area contributed by atoms with Crippen molar-refractivity contribution >= 4 is 5.97 Å². The van der Waals surface area contributed by atoms with Gasteiger partial charge < -0.3 is 14.3 Å². The number of nitrogens with one attached hydrogen (secondary N) is 1. The molecule has 0 amide bonds. The van der Waals surface area contributed by atoms with Crippen LogP contribution in [0.3, 0.4) is 0 Å². The number of carbonyl (C=O) groups is 1. The largest absolute Gasteiger partial charge is 0.475 e. The molecule has 0 saturated carbocycles. The van der Waals surface area contributed by atoms with Gasteiger partial charge in [0.1, 0.15) is 5.82 Å². The predicted octanol–water partition coefficient (Wildman–Crippen LogP) is 3.35. The summed E-state index contributed by atoms with van der Waals surface area (Å²) in [5.74, 6) is -1.71. The Bertz CT molecular complexity index is 1190. The summed E-state index contributed by atoms with van der Waals surface area (Å²) in [5.41, 5.74) is 2.39. The number of rotatable bonds is 7. The van der Waals surface area contributed by atoms with Gasteiger partial charge in [-0.2, -0.15) is 10.2 Å². The summed E-state index contributed by atoms with van der Waals surface area (Å²) in [7, 11) is 0. The average molecular weight is 409 g/mol. The average Bonchev–Trinajstić information content (AvgIpc) is 3.40. The first-order valence-electron chi connectivity index (χ1n) is 9.04. The van der Waals surface area contributed by atoms with E-state index in [1.54, 1.807) is 19.1 Å². The molecule has 4 rings (SSSR count). The maximum atomic E-state index is 14.9. The number of aromatic amines is 1. The van der Waals surface area contributed by atoms with Gasteiger partial charge in [0, 0.05) is 12.0 Å². The minimum Gasteiger partial charge on any atom is -0.475 e. The number of halogens is 1. The van der Waals surface area contributed by atoms with Crippen LogP contribution in [0.25, 0.3) is 22.5 Å². The van der Waals surface area contributed by atoms with E-state index in [4.69, 9.17) is 14.3 Å². The molecule has 0 fully saturated rings. The van der Waals surface area contributed by atoms with Crippen LogP contribution in [0, 0.1) is 5.82 Å². The van der Waals surface area contributed by atoms with Crippen LogP contribution in [0.2, 0.25) is 0 Å². The smallest absolute Gasteiger partial charge is 0.392 e. The molecule has 0 bridgehead atoms. The highest BCUT2D eigenvalue weighted by atomic mass is 19.1. The van der Waals surface area contributed by atoms with Gasteiger partial charge in [-0.05, 0) is 34.9 Å². The van der Waals surface area contributed by atoms with Gasteiger partial charge in [0.2, 0.25) is 5.82 Å². The molecular formula is C20H16FN5O4. The zero-order chi connectivity index (χ0) is 21.1. The molecule has 152 valence electrons. The maximum absolute atomic E-state index is 14.9. The first-order chi connectivity index (χ1) is 14.6. The summed E-state index contributed by atoms with van der Waals surface area (Å²) in [6.45, 7) is 2.00. The molecule has 30 heavy (non-hydrogen) atoms. The van der Waals surface area contributed by atoms with Crippen LogP contribution in [0.15, 0.2) is 46.9 Å². The van der Waals surface area contributed by atoms with Crippen molar-refractivity contribution in [1.82, 2.24) is 25.6 Å². The summed E-state index contributed by atoms with van der Waals surface area (Å²) < 4.78 is 25.5. The monoisotopic (exact) mass is 409 g/mol. The fourth-order valence-electron chi connectivity index (χ4n) is 3.03. The molecule has 4 aromatic rings. The Morgan fingerprint density at radius 1 is 1.23 bits per heavy atom. The van der Waals surface area contributed by atoms with E-state index < -0.39 is 17.7 Å². The van der Waals surface area contributed by atoms with Crippen molar-refractivity contribution in [2.24, 2.45) is 0 Å². The number of benzene rings is 2. The van der Waals surface area contributed by atoms with Crippen LogP contribution in [-0.4, -0.2) is 43.3 Å². The van der Waals surface area contributed by atoms with Crippen LogP contribution in [-0.2, 0) is 6.42 Å². The van der Waals surface area contributed by atoms with Crippen LogP contribution < -0.4 is 4.74 Å². The summed E-state index contributed by atoms with van der Waals surface area (Å²) in [4.78, 5) is 14.9. The Labute approximate surface area is 169 Å². The maximum Gasteiger partial charge on any atom is 0.392 e. The lowest BCUT2D eigenvalue weighted by Crippen LogP contribution is -1.98. The first-order valence-corrected chi connectivity index (χ1v) is 9.04. The molecule has 0 unspecified atom stereocenters. The molecule has 0 saturated heterocycles. The number of aromatic nitrogens is 5. The lowest BCUT2D eigenvalue weighted by molar-refractivity contribution is 0.0651. The third-order valence-electron chi connectivity index (χ3n) is 4.35. The van der Waals surface area contributed by atoms with Gasteiger partial charge in [0.25, 0.3) is 5.88 Å². The van der Waals surface area contributed by atoms with E-state index in [1.165, 1.54) is 6.07 Å². The number of carboxylic acid groups (broad SMARTS) is 1. The second-order valence-corrected chi connectivity index (χ2v) is 6.25. The van der Waals surface area contributed by atoms with Gasteiger partial charge >= 0.3 is 11.9 Å². The second kappa shape index (κ2) is 8.11. The Balaban J connectivity index is 1.67. The minimum absolute atomic E-state index is 0.00574. The summed E-state index contributed by atoms with van der Waals surface area (Å²) in [5, 5.41) is 23.0. The minimum atomic E-state index is -1.32. The second-order valence-electron chi connectivity index (χ2n) is 6.25. The molecule has 0 aliphatic rings. The van der Waals surface area contributed by atoms with Crippen molar-refractivity contribution in [2.75, 3.05) is 6.61 Å².